The van der Waals surface area contributed by atoms with E-state index in [0.717, 1.165) is 9.96 Å². The number of aliphatic hydroxyl groups is 1. The summed E-state index contributed by atoms with van der Waals surface area (Å²) in [6.45, 7) is 9.46. The van der Waals surface area contributed by atoms with Crippen molar-refractivity contribution in [3.8, 4) is 0 Å². The van der Waals surface area contributed by atoms with Crippen molar-refractivity contribution in [3.05, 3.63) is 0 Å². The summed E-state index contributed by atoms with van der Waals surface area (Å²) in [4.78, 5) is 30.8. The summed E-state index contributed by atoms with van der Waals surface area (Å²) < 4.78 is 39.7. The van der Waals surface area contributed by atoms with Gasteiger partial charge in [-0.1, -0.05) is 0 Å². The SMILES string of the molecule is CC(C)(C)OC(=O)N1CC(F)(F)C2C1CON2CC(C)(O)C(=O)OC(C)(C)C. The van der Waals surface area contributed by atoms with Crippen LogP contribution in [0.4, 0.5) is 13.6 Å². The third-order valence-electron chi connectivity index (χ3n) is 4.23. The number of carbonyl (C=O) groups excluding carboxylic acids is 2. The molecule has 28 heavy (non-hydrogen) atoms. The molecule has 2 rings (SSSR count). The van der Waals surface area contributed by atoms with Crippen LogP contribution in [0.15, 0.2) is 0 Å². The van der Waals surface area contributed by atoms with Crippen molar-refractivity contribution in [2.45, 2.75) is 83.3 Å². The number of ether oxygens (including phenoxy) is 2. The highest BCUT2D eigenvalue weighted by Gasteiger charge is 2.63. The van der Waals surface area contributed by atoms with Gasteiger partial charge in [0.05, 0.1) is 25.7 Å². The number of halogens is 2. The number of carbonyl (C=O) groups is 2. The van der Waals surface area contributed by atoms with Crippen LogP contribution in [-0.2, 0) is 19.1 Å². The molecule has 0 aromatic carbocycles. The number of nitrogens with zero attached hydrogens (tertiary/aromatic N) is 2. The molecule has 10 heteroatoms. The molecular formula is C18H30F2N2O6. The van der Waals surface area contributed by atoms with Crippen LogP contribution in [-0.4, -0.2) is 81.6 Å². The van der Waals surface area contributed by atoms with E-state index >= 15 is 0 Å². The van der Waals surface area contributed by atoms with Crippen molar-refractivity contribution in [1.29, 1.82) is 0 Å². The van der Waals surface area contributed by atoms with E-state index in [0.29, 0.717) is 0 Å². The van der Waals surface area contributed by atoms with Gasteiger partial charge in [0.15, 0.2) is 5.60 Å². The van der Waals surface area contributed by atoms with Crippen LogP contribution in [0.5, 0.6) is 0 Å². The number of likely N-dealkylation sites (tertiary alicyclic amines) is 1. The second kappa shape index (κ2) is 7.07. The summed E-state index contributed by atoms with van der Waals surface area (Å²) in [7, 11) is 0. The van der Waals surface area contributed by atoms with Crippen LogP contribution in [0.3, 0.4) is 0 Å². The van der Waals surface area contributed by atoms with Gasteiger partial charge in [0.2, 0.25) is 0 Å². The summed E-state index contributed by atoms with van der Waals surface area (Å²) in [5.41, 5.74) is -3.75. The molecule has 1 amide bonds. The average molecular weight is 408 g/mol. The highest BCUT2D eigenvalue weighted by molar-refractivity contribution is 5.79. The Morgan fingerprint density at radius 1 is 1.11 bits per heavy atom. The van der Waals surface area contributed by atoms with Gasteiger partial charge in [0.25, 0.3) is 5.92 Å². The lowest BCUT2D eigenvalue weighted by molar-refractivity contribution is -0.216. The van der Waals surface area contributed by atoms with E-state index in [4.69, 9.17) is 14.3 Å². The fourth-order valence-electron chi connectivity index (χ4n) is 3.15. The Bertz CT molecular complexity index is 627. The van der Waals surface area contributed by atoms with Crippen molar-refractivity contribution < 1.29 is 37.8 Å². The molecule has 2 saturated heterocycles. The molecule has 0 spiro atoms. The van der Waals surface area contributed by atoms with Crippen molar-refractivity contribution in [2.24, 2.45) is 0 Å². The number of esters is 1. The molecule has 0 aliphatic carbocycles. The van der Waals surface area contributed by atoms with Crippen LogP contribution in [0.1, 0.15) is 48.5 Å². The van der Waals surface area contributed by atoms with Gasteiger partial charge in [-0.3, -0.25) is 9.74 Å². The molecule has 0 aromatic rings. The second-order valence-corrected chi connectivity index (χ2v) is 9.53. The Morgan fingerprint density at radius 2 is 1.64 bits per heavy atom. The first kappa shape index (κ1) is 22.8. The Kier molecular flexibility index (Phi) is 5.75. The Labute approximate surface area is 163 Å². The van der Waals surface area contributed by atoms with E-state index in [1.165, 1.54) is 6.92 Å². The first-order chi connectivity index (χ1) is 12.4. The molecule has 2 aliphatic heterocycles. The molecule has 1 N–H and O–H groups in total. The molecule has 0 bridgehead atoms. The molecule has 8 nitrogen and oxygen atoms in total. The fraction of sp³-hybridized carbons (Fsp3) is 0.889. The van der Waals surface area contributed by atoms with E-state index in [-0.39, 0.29) is 6.61 Å². The topological polar surface area (TPSA) is 88.5 Å². The van der Waals surface area contributed by atoms with Gasteiger partial charge in [-0.15, -0.1) is 0 Å². The zero-order valence-electron chi connectivity index (χ0n) is 17.4. The molecule has 2 fully saturated rings. The van der Waals surface area contributed by atoms with E-state index in [1.807, 2.05) is 0 Å². The van der Waals surface area contributed by atoms with Gasteiger partial charge >= 0.3 is 12.1 Å². The van der Waals surface area contributed by atoms with Crippen molar-refractivity contribution >= 4 is 12.1 Å². The van der Waals surface area contributed by atoms with E-state index < -0.39 is 60.0 Å². The first-order valence-electron chi connectivity index (χ1n) is 9.16. The number of hydrogen-bond donors (Lipinski definition) is 1. The number of amides is 1. The molecule has 0 aromatic heterocycles. The van der Waals surface area contributed by atoms with Crippen LogP contribution in [0, 0.1) is 0 Å². The monoisotopic (exact) mass is 408 g/mol. The number of alkyl halides is 2. The van der Waals surface area contributed by atoms with E-state index in [9.17, 15) is 23.5 Å². The van der Waals surface area contributed by atoms with Gasteiger partial charge in [-0.25, -0.2) is 18.4 Å². The molecule has 2 aliphatic rings. The summed E-state index contributed by atoms with van der Waals surface area (Å²) in [6, 6.07) is -2.46. The third kappa shape index (κ3) is 5.09. The van der Waals surface area contributed by atoms with Gasteiger partial charge in [-0.2, -0.15) is 5.06 Å². The lowest BCUT2D eigenvalue weighted by atomic mass is 10.0. The van der Waals surface area contributed by atoms with E-state index in [1.54, 1.807) is 41.5 Å². The van der Waals surface area contributed by atoms with Crippen LogP contribution in [0.25, 0.3) is 0 Å². The minimum atomic E-state index is -3.30. The maximum Gasteiger partial charge on any atom is 0.410 e. The highest BCUT2D eigenvalue weighted by atomic mass is 19.3. The van der Waals surface area contributed by atoms with Crippen LogP contribution in [0.2, 0.25) is 0 Å². The standard InChI is InChI=1S/C18H30F2N2O6/c1-15(2,3)27-13(23)17(7,25)9-22-12-11(8-26-22)21(10-18(12,19)20)14(24)28-16(4,5)6/h11-12,25H,8-10H2,1-7H3. The second-order valence-electron chi connectivity index (χ2n) is 9.53. The number of β-amino-alcohol motifs (C(OH)–C–C–N with tert-alkyl or cyclic N) is 1. The van der Waals surface area contributed by atoms with Crippen molar-refractivity contribution in [1.82, 2.24) is 9.96 Å². The maximum absolute atomic E-state index is 14.7. The van der Waals surface area contributed by atoms with Crippen molar-refractivity contribution in [2.75, 3.05) is 19.7 Å². The largest absolute Gasteiger partial charge is 0.458 e. The number of hydroxylamine groups is 2. The van der Waals surface area contributed by atoms with Crippen LogP contribution < -0.4 is 0 Å². The summed E-state index contributed by atoms with van der Waals surface area (Å²) >= 11 is 0. The highest BCUT2D eigenvalue weighted by Crippen LogP contribution is 2.41. The molecule has 3 atom stereocenters. The molecule has 3 unspecified atom stereocenters. The van der Waals surface area contributed by atoms with E-state index in [2.05, 4.69) is 0 Å². The molecule has 0 saturated carbocycles. The summed E-state index contributed by atoms with van der Waals surface area (Å²) in [5, 5.41) is 11.4. The Morgan fingerprint density at radius 3 is 2.14 bits per heavy atom. The van der Waals surface area contributed by atoms with Gasteiger partial charge in [-0.05, 0) is 48.5 Å². The zero-order chi connectivity index (χ0) is 21.7. The Hall–Kier alpha value is -1.52. The number of fused-ring (bicyclic) bond motifs is 1. The lowest BCUT2D eigenvalue weighted by Crippen LogP contribution is -2.54. The first-order valence-corrected chi connectivity index (χ1v) is 9.16. The normalized spacial score (nSPS) is 27.3. The number of hydrogen-bond acceptors (Lipinski definition) is 7. The van der Waals surface area contributed by atoms with Gasteiger partial charge < -0.3 is 14.6 Å². The summed E-state index contributed by atoms with van der Waals surface area (Å²) in [6.07, 6.45) is -0.857. The third-order valence-corrected chi connectivity index (χ3v) is 4.23. The zero-order valence-corrected chi connectivity index (χ0v) is 17.4. The quantitative estimate of drug-likeness (QED) is 0.714. The maximum atomic E-state index is 14.7. The predicted octanol–water partition coefficient (Wildman–Crippen LogP) is 1.95. The molecule has 162 valence electrons. The van der Waals surface area contributed by atoms with Gasteiger partial charge in [0.1, 0.15) is 17.2 Å². The molecular weight excluding hydrogens is 378 g/mol. The fourth-order valence-corrected chi connectivity index (χ4v) is 3.15. The minimum Gasteiger partial charge on any atom is -0.458 e. The van der Waals surface area contributed by atoms with Gasteiger partial charge in [0, 0.05) is 0 Å². The molecule has 2 heterocycles. The van der Waals surface area contributed by atoms with Crippen molar-refractivity contribution in [3.63, 3.8) is 0 Å². The predicted molar refractivity (Wildman–Crippen MR) is 94.6 cm³/mol. The summed E-state index contributed by atoms with van der Waals surface area (Å²) in [5.74, 6) is -4.25. The lowest BCUT2D eigenvalue weighted by Gasteiger charge is -2.32. The average Bonchev–Trinajstić information content (AvgIpc) is 2.95. The minimum absolute atomic E-state index is 0.191. The molecule has 0 radical (unpaired) electrons. The smallest absolute Gasteiger partial charge is 0.410 e. The Balaban J connectivity index is 2.14. The van der Waals surface area contributed by atoms with Crippen LogP contribution >= 0.6 is 0 Å². The number of rotatable bonds is 3.